The highest BCUT2D eigenvalue weighted by Gasteiger charge is 2.13. The van der Waals surface area contributed by atoms with Crippen molar-refractivity contribution in [2.24, 2.45) is 11.3 Å². The van der Waals surface area contributed by atoms with Crippen molar-refractivity contribution in [3.05, 3.63) is 17.7 Å². The SMILES string of the molecule is Cc1ncc(CNCC(C)C)n1CCC(C)(C)C. The third-order valence-corrected chi connectivity index (χ3v) is 3.08. The minimum absolute atomic E-state index is 0.374. The Balaban J connectivity index is 2.58. The summed E-state index contributed by atoms with van der Waals surface area (Å²) in [4.78, 5) is 4.44. The van der Waals surface area contributed by atoms with Crippen molar-refractivity contribution in [1.29, 1.82) is 0 Å². The van der Waals surface area contributed by atoms with Crippen molar-refractivity contribution in [3.63, 3.8) is 0 Å². The van der Waals surface area contributed by atoms with E-state index in [1.54, 1.807) is 0 Å². The number of nitrogens with one attached hydrogen (secondary N) is 1. The molecule has 0 saturated carbocycles. The van der Waals surface area contributed by atoms with E-state index in [2.05, 4.69) is 56.4 Å². The monoisotopic (exact) mass is 251 g/mol. The van der Waals surface area contributed by atoms with Crippen LogP contribution in [0.25, 0.3) is 0 Å². The van der Waals surface area contributed by atoms with Crippen LogP contribution in [0, 0.1) is 18.3 Å². The van der Waals surface area contributed by atoms with Crippen molar-refractivity contribution in [2.75, 3.05) is 6.54 Å². The van der Waals surface area contributed by atoms with E-state index in [1.807, 2.05) is 6.20 Å². The van der Waals surface area contributed by atoms with E-state index in [4.69, 9.17) is 0 Å². The lowest BCUT2D eigenvalue weighted by molar-refractivity contribution is 0.345. The van der Waals surface area contributed by atoms with E-state index in [0.29, 0.717) is 11.3 Å². The molecule has 18 heavy (non-hydrogen) atoms. The van der Waals surface area contributed by atoms with Crippen LogP contribution in [0.4, 0.5) is 0 Å². The molecular weight excluding hydrogens is 222 g/mol. The molecule has 1 aromatic heterocycles. The molecule has 0 unspecified atom stereocenters. The molecule has 3 heteroatoms. The summed E-state index contributed by atoms with van der Waals surface area (Å²) in [6, 6.07) is 0. The summed E-state index contributed by atoms with van der Waals surface area (Å²) in [5.74, 6) is 1.82. The van der Waals surface area contributed by atoms with Crippen LogP contribution < -0.4 is 5.32 Å². The van der Waals surface area contributed by atoms with Gasteiger partial charge >= 0.3 is 0 Å². The molecule has 0 atom stereocenters. The minimum atomic E-state index is 0.374. The normalized spacial score (nSPS) is 12.4. The van der Waals surface area contributed by atoms with Gasteiger partial charge in [-0.2, -0.15) is 0 Å². The molecule has 0 radical (unpaired) electrons. The molecule has 0 fully saturated rings. The predicted molar refractivity (Wildman–Crippen MR) is 77.6 cm³/mol. The Morgan fingerprint density at radius 1 is 1.33 bits per heavy atom. The Morgan fingerprint density at radius 3 is 2.56 bits per heavy atom. The Hall–Kier alpha value is -0.830. The van der Waals surface area contributed by atoms with Gasteiger partial charge in [0.2, 0.25) is 0 Å². The third-order valence-electron chi connectivity index (χ3n) is 3.08. The van der Waals surface area contributed by atoms with E-state index in [9.17, 15) is 0 Å². The molecule has 0 saturated heterocycles. The van der Waals surface area contributed by atoms with Gasteiger partial charge in [-0.1, -0.05) is 34.6 Å². The number of rotatable bonds is 6. The molecule has 1 heterocycles. The van der Waals surface area contributed by atoms with Crippen LogP contribution >= 0.6 is 0 Å². The summed E-state index contributed by atoms with van der Waals surface area (Å²) in [5, 5.41) is 3.49. The molecule has 0 spiro atoms. The fraction of sp³-hybridized carbons (Fsp3) is 0.800. The summed E-state index contributed by atoms with van der Waals surface area (Å²) in [6.45, 7) is 16.5. The number of aromatic nitrogens is 2. The Morgan fingerprint density at radius 2 is 2.00 bits per heavy atom. The van der Waals surface area contributed by atoms with Gasteiger partial charge in [0.25, 0.3) is 0 Å². The Kier molecular flexibility index (Phi) is 5.39. The third kappa shape index (κ3) is 5.21. The number of hydrogen-bond acceptors (Lipinski definition) is 2. The van der Waals surface area contributed by atoms with Gasteiger partial charge < -0.3 is 9.88 Å². The first-order chi connectivity index (χ1) is 8.29. The smallest absolute Gasteiger partial charge is 0.105 e. The van der Waals surface area contributed by atoms with Gasteiger partial charge in [-0.05, 0) is 31.2 Å². The van der Waals surface area contributed by atoms with Crippen LogP contribution in [-0.4, -0.2) is 16.1 Å². The van der Waals surface area contributed by atoms with Gasteiger partial charge in [0.05, 0.1) is 5.69 Å². The zero-order valence-corrected chi connectivity index (χ0v) is 12.9. The predicted octanol–water partition coefficient (Wildman–Crippen LogP) is 3.37. The van der Waals surface area contributed by atoms with Crippen LogP contribution in [-0.2, 0) is 13.1 Å². The summed E-state index contributed by atoms with van der Waals surface area (Å²) in [6.07, 6.45) is 3.19. The van der Waals surface area contributed by atoms with Crippen molar-refractivity contribution in [1.82, 2.24) is 14.9 Å². The minimum Gasteiger partial charge on any atom is -0.331 e. The Labute approximate surface area is 112 Å². The fourth-order valence-corrected chi connectivity index (χ4v) is 1.90. The van der Waals surface area contributed by atoms with Crippen molar-refractivity contribution < 1.29 is 0 Å². The van der Waals surface area contributed by atoms with Crippen molar-refractivity contribution in [3.8, 4) is 0 Å². The topological polar surface area (TPSA) is 29.9 Å². The molecule has 0 bridgehead atoms. The van der Waals surface area contributed by atoms with Gasteiger partial charge in [-0.3, -0.25) is 0 Å². The lowest BCUT2D eigenvalue weighted by Gasteiger charge is -2.20. The molecule has 1 N–H and O–H groups in total. The second kappa shape index (κ2) is 6.37. The maximum atomic E-state index is 4.44. The summed E-state index contributed by atoms with van der Waals surface area (Å²) < 4.78 is 2.35. The molecule has 1 rings (SSSR count). The summed E-state index contributed by atoms with van der Waals surface area (Å²) in [5.41, 5.74) is 1.68. The van der Waals surface area contributed by atoms with Gasteiger partial charge in [0.15, 0.2) is 0 Å². The molecule has 1 aromatic rings. The fourth-order valence-electron chi connectivity index (χ4n) is 1.90. The maximum absolute atomic E-state index is 4.44. The largest absolute Gasteiger partial charge is 0.331 e. The second-order valence-electron chi connectivity index (χ2n) is 6.78. The highest BCUT2D eigenvalue weighted by Crippen LogP contribution is 2.20. The van der Waals surface area contributed by atoms with Crippen molar-refractivity contribution >= 4 is 0 Å². The molecule has 0 aliphatic carbocycles. The van der Waals surface area contributed by atoms with E-state index in [0.717, 1.165) is 25.5 Å². The van der Waals surface area contributed by atoms with E-state index >= 15 is 0 Å². The number of aryl methyl sites for hydroxylation is 1. The highest BCUT2D eigenvalue weighted by atomic mass is 15.1. The van der Waals surface area contributed by atoms with Crippen molar-refractivity contribution in [2.45, 2.75) is 61.1 Å². The maximum Gasteiger partial charge on any atom is 0.105 e. The number of nitrogens with zero attached hydrogens (tertiary/aromatic N) is 2. The van der Waals surface area contributed by atoms with Gasteiger partial charge in [0, 0.05) is 19.3 Å². The average molecular weight is 251 g/mol. The Bertz CT molecular complexity index is 358. The summed E-state index contributed by atoms with van der Waals surface area (Å²) in [7, 11) is 0. The second-order valence-corrected chi connectivity index (χ2v) is 6.78. The summed E-state index contributed by atoms with van der Waals surface area (Å²) >= 11 is 0. The molecule has 0 amide bonds. The van der Waals surface area contributed by atoms with Crippen LogP contribution in [0.5, 0.6) is 0 Å². The van der Waals surface area contributed by atoms with Gasteiger partial charge in [0.1, 0.15) is 5.82 Å². The van der Waals surface area contributed by atoms with Crippen LogP contribution in [0.1, 0.15) is 52.6 Å². The standard InChI is InChI=1S/C15H29N3/c1-12(2)9-16-10-14-11-17-13(3)18(14)8-7-15(4,5)6/h11-12,16H,7-10H2,1-6H3. The van der Waals surface area contributed by atoms with E-state index in [1.165, 1.54) is 12.1 Å². The van der Waals surface area contributed by atoms with E-state index in [-0.39, 0.29) is 0 Å². The highest BCUT2D eigenvalue weighted by molar-refractivity contribution is 5.04. The number of imidazole rings is 1. The first-order valence-corrected chi connectivity index (χ1v) is 7.01. The lowest BCUT2D eigenvalue weighted by atomic mass is 9.92. The molecule has 0 aromatic carbocycles. The van der Waals surface area contributed by atoms with Crippen LogP contribution in [0.2, 0.25) is 0 Å². The lowest BCUT2D eigenvalue weighted by Crippen LogP contribution is -2.22. The van der Waals surface area contributed by atoms with Crippen LogP contribution in [0.3, 0.4) is 0 Å². The average Bonchev–Trinajstić information content (AvgIpc) is 2.55. The molecule has 104 valence electrons. The molecule has 0 aliphatic heterocycles. The first-order valence-electron chi connectivity index (χ1n) is 7.01. The van der Waals surface area contributed by atoms with E-state index < -0.39 is 0 Å². The first kappa shape index (κ1) is 15.2. The van der Waals surface area contributed by atoms with Gasteiger partial charge in [-0.15, -0.1) is 0 Å². The van der Waals surface area contributed by atoms with Crippen LogP contribution in [0.15, 0.2) is 6.20 Å². The zero-order valence-electron chi connectivity index (χ0n) is 12.9. The molecule has 0 aliphatic rings. The number of hydrogen-bond donors (Lipinski definition) is 1. The molecule has 3 nitrogen and oxygen atoms in total. The van der Waals surface area contributed by atoms with Gasteiger partial charge in [-0.25, -0.2) is 4.98 Å². The zero-order chi connectivity index (χ0) is 13.8. The quantitative estimate of drug-likeness (QED) is 0.840. The molecular formula is C15H29N3.